The molecule has 0 N–H and O–H groups in total. The van der Waals surface area contributed by atoms with Crippen LogP contribution in [0.5, 0.6) is 0 Å². The summed E-state index contributed by atoms with van der Waals surface area (Å²) < 4.78 is 5.05. The van der Waals surface area contributed by atoms with Gasteiger partial charge in [0.1, 0.15) is 6.61 Å². The van der Waals surface area contributed by atoms with E-state index in [1.807, 2.05) is 12.1 Å². The molecule has 0 spiro atoms. The highest BCUT2D eigenvalue weighted by Gasteiger charge is 2.12. The maximum atomic E-state index is 6.05. The molecule has 0 amide bonds. The van der Waals surface area contributed by atoms with Crippen molar-refractivity contribution in [3.8, 4) is 0 Å². The summed E-state index contributed by atoms with van der Waals surface area (Å²) >= 11 is 12.0. The van der Waals surface area contributed by atoms with Gasteiger partial charge < -0.3 is 4.74 Å². The first-order chi connectivity index (χ1) is 7.25. The first-order valence-electron chi connectivity index (χ1n) is 4.83. The predicted octanol–water partition coefficient (Wildman–Crippen LogP) is 3.35. The average molecular weight is 244 g/mol. The Balaban J connectivity index is 1.97. The van der Waals surface area contributed by atoms with Crippen LogP contribution in [0.2, 0.25) is 10.0 Å². The number of ether oxygens (including phenoxy) is 1. The van der Waals surface area contributed by atoms with Gasteiger partial charge in [0.2, 0.25) is 0 Å². The highest BCUT2D eigenvalue weighted by atomic mass is 35.5. The maximum absolute atomic E-state index is 6.05. The highest BCUT2D eigenvalue weighted by molar-refractivity contribution is 6.33. The van der Waals surface area contributed by atoms with E-state index >= 15 is 0 Å². The minimum Gasteiger partial charge on any atom is -0.481 e. The van der Waals surface area contributed by atoms with Crippen LogP contribution in [0.1, 0.15) is 12.0 Å². The minimum absolute atomic E-state index is 0.264. The summed E-state index contributed by atoms with van der Waals surface area (Å²) in [5.41, 5.74) is 1.08. The third-order valence-electron chi connectivity index (χ3n) is 2.39. The zero-order valence-corrected chi connectivity index (χ0v) is 9.63. The van der Waals surface area contributed by atoms with Crippen LogP contribution in [0.15, 0.2) is 23.2 Å². The summed E-state index contributed by atoms with van der Waals surface area (Å²) in [4.78, 5) is 4.18. The molecule has 1 aliphatic heterocycles. The summed E-state index contributed by atoms with van der Waals surface area (Å²) in [5.74, 6) is 0. The van der Waals surface area contributed by atoms with Crippen molar-refractivity contribution < 1.29 is 4.74 Å². The van der Waals surface area contributed by atoms with Crippen molar-refractivity contribution in [1.29, 1.82) is 0 Å². The van der Waals surface area contributed by atoms with Gasteiger partial charge >= 0.3 is 0 Å². The summed E-state index contributed by atoms with van der Waals surface area (Å²) in [6.07, 6.45) is 3.34. The molecule has 15 heavy (non-hydrogen) atoms. The Kier molecular flexibility index (Phi) is 3.49. The van der Waals surface area contributed by atoms with Gasteiger partial charge in [-0.05, 0) is 36.6 Å². The van der Waals surface area contributed by atoms with Gasteiger partial charge in [0.15, 0.2) is 6.40 Å². The van der Waals surface area contributed by atoms with Gasteiger partial charge in [-0.25, -0.2) is 0 Å². The molecule has 0 aromatic heterocycles. The van der Waals surface area contributed by atoms with E-state index in [1.165, 1.54) is 6.40 Å². The zero-order valence-electron chi connectivity index (χ0n) is 8.12. The number of halogens is 2. The summed E-state index contributed by atoms with van der Waals surface area (Å²) in [7, 11) is 0. The monoisotopic (exact) mass is 243 g/mol. The number of hydrogen-bond acceptors (Lipinski definition) is 2. The Bertz CT molecular complexity index is 379. The van der Waals surface area contributed by atoms with E-state index in [4.69, 9.17) is 27.9 Å². The molecular formula is C11H11Cl2NO. The molecule has 4 heteroatoms. The number of aryl methyl sites for hydroxylation is 1. The maximum Gasteiger partial charge on any atom is 0.169 e. The number of hydrogen-bond donors (Lipinski definition) is 0. The molecule has 1 atom stereocenters. The predicted molar refractivity (Wildman–Crippen MR) is 63.0 cm³/mol. The number of benzene rings is 1. The molecule has 1 aromatic rings. The van der Waals surface area contributed by atoms with Crippen molar-refractivity contribution in [2.75, 3.05) is 6.61 Å². The number of nitrogens with zero attached hydrogens (tertiary/aromatic N) is 1. The Labute approximate surface area is 98.9 Å². The van der Waals surface area contributed by atoms with Crippen LogP contribution in [-0.4, -0.2) is 19.0 Å². The molecule has 0 bridgehead atoms. The van der Waals surface area contributed by atoms with Gasteiger partial charge in [0, 0.05) is 10.0 Å². The van der Waals surface area contributed by atoms with E-state index in [-0.39, 0.29) is 6.04 Å². The quantitative estimate of drug-likeness (QED) is 0.798. The smallest absolute Gasteiger partial charge is 0.169 e. The fourth-order valence-electron chi connectivity index (χ4n) is 1.54. The molecule has 80 valence electrons. The Morgan fingerprint density at radius 2 is 2.27 bits per heavy atom. The normalized spacial score (nSPS) is 19.2. The lowest BCUT2D eigenvalue weighted by Gasteiger charge is -2.07. The Morgan fingerprint density at radius 3 is 3.00 bits per heavy atom. The van der Waals surface area contributed by atoms with Gasteiger partial charge in [-0.15, -0.1) is 0 Å². The summed E-state index contributed by atoms with van der Waals surface area (Å²) in [6, 6.07) is 5.79. The number of aliphatic imine (C=N–C) groups is 1. The Morgan fingerprint density at radius 1 is 1.40 bits per heavy atom. The van der Waals surface area contributed by atoms with Gasteiger partial charge in [-0.3, -0.25) is 4.99 Å². The molecule has 2 rings (SSSR count). The molecule has 1 unspecified atom stereocenters. The van der Waals surface area contributed by atoms with Crippen LogP contribution in [0.25, 0.3) is 0 Å². The molecule has 0 saturated heterocycles. The molecule has 0 fully saturated rings. The lowest BCUT2D eigenvalue weighted by Crippen LogP contribution is -2.07. The summed E-state index contributed by atoms with van der Waals surface area (Å²) in [5, 5.41) is 1.49. The second-order valence-corrected chi connectivity index (χ2v) is 4.36. The lowest BCUT2D eigenvalue weighted by molar-refractivity contribution is 0.322. The van der Waals surface area contributed by atoms with Crippen molar-refractivity contribution in [2.45, 2.75) is 18.9 Å². The Hall–Kier alpha value is -0.730. The first kappa shape index (κ1) is 10.8. The average Bonchev–Trinajstić information content (AvgIpc) is 2.72. The molecule has 2 nitrogen and oxygen atoms in total. The van der Waals surface area contributed by atoms with Crippen LogP contribution in [-0.2, 0) is 11.2 Å². The standard InChI is InChI=1S/C11H11Cl2NO/c12-9-2-4-11(13)8(5-9)1-3-10-6-15-7-14-10/h2,4-5,7,10H,1,3,6H2. The fourth-order valence-corrected chi connectivity index (χ4v) is 1.95. The van der Waals surface area contributed by atoms with Gasteiger partial charge in [-0.2, -0.15) is 0 Å². The second kappa shape index (κ2) is 4.86. The van der Waals surface area contributed by atoms with Crippen molar-refractivity contribution in [1.82, 2.24) is 0 Å². The molecule has 0 radical (unpaired) electrons. The number of rotatable bonds is 3. The van der Waals surface area contributed by atoms with Crippen molar-refractivity contribution in [2.24, 2.45) is 4.99 Å². The van der Waals surface area contributed by atoms with Crippen LogP contribution >= 0.6 is 23.2 Å². The van der Waals surface area contributed by atoms with E-state index in [0.717, 1.165) is 28.5 Å². The lowest BCUT2D eigenvalue weighted by atomic mass is 10.1. The summed E-state index contributed by atoms with van der Waals surface area (Å²) in [6.45, 7) is 0.679. The van der Waals surface area contributed by atoms with Gasteiger partial charge in [-0.1, -0.05) is 23.2 Å². The molecule has 0 aliphatic carbocycles. The van der Waals surface area contributed by atoms with E-state index in [9.17, 15) is 0 Å². The largest absolute Gasteiger partial charge is 0.481 e. The third-order valence-corrected chi connectivity index (χ3v) is 2.99. The van der Waals surface area contributed by atoms with Crippen molar-refractivity contribution >= 4 is 29.6 Å². The fraction of sp³-hybridized carbons (Fsp3) is 0.364. The third kappa shape index (κ3) is 2.86. The minimum atomic E-state index is 0.264. The molecular weight excluding hydrogens is 233 g/mol. The molecule has 0 saturated carbocycles. The first-order valence-corrected chi connectivity index (χ1v) is 5.58. The van der Waals surface area contributed by atoms with Crippen LogP contribution < -0.4 is 0 Å². The zero-order chi connectivity index (χ0) is 10.7. The van der Waals surface area contributed by atoms with Crippen molar-refractivity contribution in [3.05, 3.63) is 33.8 Å². The second-order valence-electron chi connectivity index (χ2n) is 3.52. The van der Waals surface area contributed by atoms with Gasteiger partial charge in [0.05, 0.1) is 6.04 Å². The van der Waals surface area contributed by atoms with Gasteiger partial charge in [0.25, 0.3) is 0 Å². The highest BCUT2D eigenvalue weighted by Crippen LogP contribution is 2.22. The molecule has 1 aromatic carbocycles. The molecule has 1 heterocycles. The van der Waals surface area contributed by atoms with Crippen molar-refractivity contribution in [3.63, 3.8) is 0 Å². The van der Waals surface area contributed by atoms with E-state index in [1.54, 1.807) is 6.07 Å². The topological polar surface area (TPSA) is 21.6 Å². The van der Waals surface area contributed by atoms with Crippen LogP contribution in [0.4, 0.5) is 0 Å². The SMILES string of the molecule is Clc1ccc(Cl)c(CCC2COC=N2)c1. The van der Waals surface area contributed by atoms with Crippen LogP contribution in [0, 0.1) is 0 Å². The van der Waals surface area contributed by atoms with E-state index in [0.29, 0.717) is 6.61 Å². The van der Waals surface area contributed by atoms with E-state index < -0.39 is 0 Å². The van der Waals surface area contributed by atoms with Crippen LogP contribution in [0.3, 0.4) is 0 Å². The molecule has 1 aliphatic rings. The van der Waals surface area contributed by atoms with E-state index in [2.05, 4.69) is 4.99 Å².